The van der Waals surface area contributed by atoms with Crippen molar-refractivity contribution in [3.05, 3.63) is 38.7 Å². The van der Waals surface area contributed by atoms with Gasteiger partial charge >= 0.3 is 5.69 Å². The Labute approximate surface area is 137 Å². The highest BCUT2D eigenvalue weighted by Gasteiger charge is 2.27. The van der Waals surface area contributed by atoms with Gasteiger partial charge in [-0.2, -0.15) is 0 Å². The van der Waals surface area contributed by atoms with E-state index < -0.39 is 11.2 Å². The van der Waals surface area contributed by atoms with E-state index >= 15 is 0 Å². The van der Waals surface area contributed by atoms with Crippen LogP contribution < -0.4 is 16.6 Å². The summed E-state index contributed by atoms with van der Waals surface area (Å²) in [7, 11) is 0. The minimum Gasteiger partial charge on any atom is -0.382 e. The molecule has 24 heavy (non-hydrogen) atoms. The molecule has 2 N–H and O–H groups in total. The molecule has 3 rings (SSSR count). The minimum absolute atomic E-state index is 0.0857. The summed E-state index contributed by atoms with van der Waals surface area (Å²) < 4.78 is 6.71. The Kier molecular flexibility index (Phi) is 4.75. The number of carbonyl (C=O) groups is 1. The molecule has 0 atom stereocenters. The monoisotopic (exact) mass is 332 g/mol. The molecule has 128 valence electrons. The predicted molar refractivity (Wildman–Crippen MR) is 88.3 cm³/mol. The molecule has 2 aromatic heterocycles. The highest BCUT2D eigenvalue weighted by Crippen LogP contribution is 2.34. The van der Waals surface area contributed by atoms with Crippen molar-refractivity contribution < 1.29 is 9.53 Å². The number of nitrogens with one attached hydrogen (secondary N) is 2. The van der Waals surface area contributed by atoms with Crippen LogP contribution in [0.25, 0.3) is 11.0 Å². The van der Waals surface area contributed by atoms with Crippen LogP contribution in [0.3, 0.4) is 0 Å². The topological polar surface area (TPSA) is 106 Å². The van der Waals surface area contributed by atoms with Gasteiger partial charge in [0.2, 0.25) is 0 Å². The van der Waals surface area contributed by atoms with Gasteiger partial charge in [-0.15, -0.1) is 0 Å². The van der Waals surface area contributed by atoms with E-state index in [1.807, 2.05) is 6.92 Å². The molecule has 0 bridgehead atoms. The molecule has 1 saturated carbocycles. The van der Waals surface area contributed by atoms with Gasteiger partial charge in [0.1, 0.15) is 5.65 Å². The minimum atomic E-state index is -0.523. The fraction of sp³-hybridized carbons (Fsp3) is 0.500. The molecule has 8 nitrogen and oxygen atoms in total. The van der Waals surface area contributed by atoms with Crippen LogP contribution in [-0.2, 0) is 4.74 Å². The quantitative estimate of drug-likeness (QED) is 0.721. The maximum absolute atomic E-state index is 12.2. The summed E-state index contributed by atoms with van der Waals surface area (Å²) in [6, 6.07) is 1.57. The van der Waals surface area contributed by atoms with Gasteiger partial charge in [0.05, 0.1) is 10.9 Å². The molecule has 2 heterocycles. The number of nitrogens with zero attached hydrogens (tertiary/aromatic N) is 2. The van der Waals surface area contributed by atoms with E-state index in [2.05, 4.69) is 15.3 Å². The van der Waals surface area contributed by atoms with Crippen LogP contribution in [-0.4, -0.2) is 40.2 Å². The molecular formula is C16H20N4O4. The first kappa shape index (κ1) is 16.4. The van der Waals surface area contributed by atoms with Gasteiger partial charge in [-0.1, -0.05) is 0 Å². The molecule has 1 fully saturated rings. The van der Waals surface area contributed by atoms with Gasteiger partial charge < -0.3 is 10.1 Å². The third-order valence-corrected chi connectivity index (χ3v) is 3.91. The SMILES string of the molecule is CCOCCCNC(=O)c1cnc2c(c1)c(=O)[nH]c(=O)n2C1CC1. The number of hydrogen-bond donors (Lipinski definition) is 2. The van der Waals surface area contributed by atoms with E-state index in [9.17, 15) is 14.4 Å². The lowest BCUT2D eigenvalue weighted by Gasteiger charge is -2.09. The van der Waals surface area contributed by atoms with E-state index in [4.69, 9.17) is 4.74 Å². The fourth-order valence-corrected chi connectivity index (χ4v) is 2.56. The Morgan fingerprint density at radius 2 is 2.25 bits per heavy atom. The normalized spacial score (nSPS) is 14.0. The van der Waals surface area contributed by atoms with Crippen molar-refractivity contribution in [2.45, 2.75) is 32.2 Å². The molecule has 1 aliphatic rings. The van der Waals surface area contributed by atoms with Gasteiger partial charge in [-0.25, -0.2) is 9.78 Å². The third kappa shape index (κ3) is 3.38. The first-order valence-electron chi connectivity index (χ1n) is 8.12. The van der Waals surface area contributed by atoms with Crippen molar-refractivity contribution in [1.82, 2.24) is 19.9 Å². The van der Waals surface area contributed by atoms with Crippen molar-refractivity contribution in [2.75, 3.05) is 19.8 Å². The van der Waals surface area contributed by atoms with Gasteiger partial charge in [-0.05, 0) is 32.3 Å². The molecule has 0 aromatic carbocycles. The lowest BCUT2D eigenvalue weighted by Crippen LogP contribution is -2.31. The van der Waals surface area contributed by atoms with Crippen molar-refractivity contribution in [3.63, 3.8) is 0 Å². The average Bonchev–Trinajstić information content (AvgIpc) is 3.39. The Morgan fingerprint density at radius 3 is 2.96 bits per heavy atom. The highest BCUT2D eigenvalue weighted by molar-refractivity contribution is 5.96. The summed E-state index contributed by atoms with van der Waals surface area (Å²) in [6.07, 6.45) is 3.90. The van der Waals surface area contributed by atoms with E-state index in [0.717, 1.165) is 12.8 Å². The molecule has 0 unspecified atom stereocenters. The fourth-order valence-electron chi connectivity index (χ4n) is 2.56. The zero-order valence-corrected chi connectivity index (χ0v) is 13.5. The summed E-state index contributed by atoms with van der Waals surface area (Å²) in [6.45, 7) is 3.63. The summed E-state index contributed by atoms with van der Waals surface area (Å²) in [4.78, 5) is 42.7. The van der Waals surface area contributed by atoms with Crippen LogP contribution >= 0.6 is 0 Å². The molecule has 1 amide bonds. The molecule has 0 radical (unpaired) electrons. The van der Waals surface area contributed by atoms with Crippen LogP contribution in [0.5, 0.6) is 0 Å². The Morgan fingerprint density at radius 1 is 1.46 bits per heavy atom. The van der Waals surface area contributed by atoms with E-state index in [1.165, 1.54) is 16.8 Å². The lowest BCUT2D eigenvalue weighted by molar-refractivity contribution is 0.0944. The number of aromatic amines is 1. The van der Waals surface area contributed by atoms with Gasteiger partial charge in [-0.3, -0.25) is 19.1 Å². The van der Waals surface area contributed by atoms with Crippen LogP contribution in [0.4, 0.5) is 0 Å². The zero-order valence-electron chi connectivity index (χ0n) is 13.5. The Balaban J connectivity index is 1.82. The molecule has 2 aromatic rings. The number of carbonyl (C=O) groups excluding carboxylic acids is 1. The predicted octanol–water partition coefficient (Wildman–Crippen LogP) is 0.576. The Hall–Kier alpha value is -2.48. The number of hydrogen-bond acceptors (Lipinski definition) is 5. The summed E-state index contributed by atoms with van der Waals surface area (Å²) >= 11 is 0. The molecule has 0 spiro atoms. The van der Waals surface area contributed by atoms with Crippen LogP contribution in [0.15, 0.2) is 21.9 Å². The van der Waals surface area contributed by atoms with E-state index in [1.54, 1.807) is 0 Å². The van der Waals surface area contributed by atoms with Crippen LogP contribution in [0.2, 0.25) is 0 Å². The van der Waals surface area contributed by atoms with Gasteiger partial charge in [0.15, 0.2) is 0 Å². The molecule has 1 aliphatic carbocycles. The smallest absolute Gasteiger partial charge is 0.330 e. The second kappa shape index (κ2) is 6.96. The first-order chi connectivity index (χ1) is 11.6. The molecular weight excluding hydrogens is 312 g/mol. The number of aromatic nitrogens is 3. The van der Waals surface area contributed by atoms with E-state index in [-0.39, 0.29) is 17.3 Å². The number of ether oxygens (including phenoxy) is 1. The van der Waals surface area contributed by atoms with Crippen LogP contribution in [0, 0.1) is 0 Å². The van der Waals surface area contributed by atoms with E-state index in [0.29, 0.717) is 37.4 Å². The maximum Gasteiger partial charge on any atom is 0.330 e. The summed E-state index contributed by atoms with van der Waals surface area (Å²) in [5, 5.41) is 3.02. The van der Waals surface area contributed by atoms with Gasteiger partial charge in [0, 0.05) is 32.0 Å². The third-order valence-electron chi connectivity index (χ3n) is 3.91. The summed E-state index contributed by atoms with van der Waals surface area (Å²) in [5.41, 5.74) is -0.342. The van der Waals surface area contributed by atoms with Crippen LogP contribution in [0.1, 0.15) is 42.6 Å². The number of amides is 1. The molecule has 0 aliphatic heterocycles. The largest absolute Gasteiger partial charge is 0.382 e. The number of rotatable bonds is 7. The molecule has 0 saturated heterocycles. The number of pyridine rings is 1. The average molecular weight is 332 g/mol. The standard InChI is InChI=1S/C16H20N4O4/c1-2-24-7-3-6-17-14(21)10-8-12-13(18-9-10)20(11-4-5-11)16(23)19-15(12)22/h8-9,11H,2-7H2,1H3,(H,17,21)(H,19,22,23). The van der Waals surface area contributed by atoms with Crippen molar-refractivity contribution in [1.29, 1.82) is 0 Å². The van der Waals surface area contributed by atoms with Crippen molar-refractivity contribution in [3.8, 4) is 0 Å². The maximum atomic E-state index is 12.2. The zero-order chi connectivity index (χ0) is 17.1. The van der Waals surface area contributed by atoms with Gasteiger partial charge in [0.25, 0.3) is 11.5 Å². The Bertz CT molecular complexity index is 866. The second-order valence-corrected chi connectivity index (χ2v) is 5.76. The van der Waals surface area contributed by atoms with Crippen molar-refractivity contribution in [2.24, 2.45) is 0 Å². The number of H-pyrrole nitrogens is 1. The number of fused-ring (bicyclic) bond motifs is 1. The van der Waals surface area contributed by atoms with Crippen molar-refractivity contribution >= 4 is 16.9 Å². The molecule has 8 heteroatoms. The second-order valence-electron chi connectivity index (χ2n) is 5.76. The first-order valence-corrected chi connectivity index (χ1v) is 8.12. The summed E-state index contributed by atoms with van der Waals surface area (Å²) in [5.74, 6) is -0.301. The highest BCUT2D eigenvalue weighted by atomic mass is 16.5. The lowest BCUT2D eigenvalue weighted by atomic mass is 10.2.